The number of benzene rings is 1. The van der Waals surface area contributed by atoms with E-state index in [0.717, 1.165) is 0 Å². The number of aryl methyl sites for hydroxylation is 1. The van der Waals surface area contributed by atoms with Crippen molar-refractivity contribution in [3.63, 3.8) is 0 Å². The fourth-order valence-electron chi connectivity index (χ4n) is 3.63. The summed E-state index contributed by atoms with van der Waals surface area (Å²) in [6.07, 6.45) is 5.16. The van der Waals surface area contributed by atoms with Gasteiger partial charge in [-0.05, 0) is 55.7 Å². The van der Waals surface area contributed by atoms with Gasteiger partial charge in [-0.15, -0.1) is 11.3 Å². The van der Waals surface area contributed by atoms with Crippen LogP contribution in [-0.4, -0.2) is 4.57 Å². The van der Waals surface area contributed by atoms with E-state index in [1.165, 1.54) is 41.5 Å². The zero-order chi connectivity index (χ0) is 13.5. The molecule has 1 nitrogen and oxygen atoms in total. The van der Waals surface area contributed by atoms with Gasteiger partial charge >= 0.3 is 0 Å². The average molecular weight is 281 g/mol. The first kappa shape index (κ1) is 12.2. The van der Waals surface area contributed by atoms with Crippen LogP contribution in [0.15, 0.2) is 41.8 Å². The zero-order valence-electron chi connectivity index (χ0n) is 11.8. The van der Waals surface area contributed by atoms with Crippen molar-refractivity contribution in [2.24, 2.45) is 0 Å². The van der Waals surface area contributed by atoms with Gasteiger partial charge in [0.2, 0.25) is 0 Å². The third kappa shape index (κ3) is 1.75. The summed E-state index contributed by atoms with van der Waals surface area (Å²) in [5.41, 5.74) is 4.61. The van der Waals surface area contributed by atoms with E-state index in [9.17, 15) is 0 Å². The molecule has 4 rings (SSSR count). The molecule has 2 aromatic heterocycles. The van der Waals surface area contributed by atoms with Gasteiger partial charge in [0.25, 0.3) is 0 Å². The highest BCUT2D eigenvalue weighted by Gasteiger charge is 2.23. The molecule has 0 amide bonds. The van der Waals surface area contributed by atoms with Gasteiger partial charge < -0.3 is 4.57 Å². The van der Waals surface area contributed by atoms with Crippen LogP contribution in [0, 0.1) is 0 Å². The molecule has 0 saturated heterocycles. The third-order valence-electron chi connectivity index (χ3n) is 4.56. The molecule has 2 heteroatoms. The first-order valence-corrected chi connectivity index (χ1v) is 8.38. The Kier molecular flexibility index (Phi) is 2.92. The Morgan fingerprint density at radius 3 is 2.75 bits per heavy atom. The Hall–Kier alpha value is -1.54. The van der Waals surface area contributed by atoms with Crippen LogP contribution in [0.5, 0.6) is 0 Å². The second-order valence-electron chi connectivity index (χ2n) is 5.71. The molecule has 1 unspecified atom stereocenters. The molecule has 0 aliphatic heterocycles. The van der Waals surface area contributed by atoms with Crippen molar-refractivity contribution in [3.05, 3.63) is 57.9 Å². The smallest absolute Gasteiger partial charge is 0.0653 e. The average Bonchev–Trinajstić information content (AvgIpc) is 3.13. The van der Waals surface area contributed by atoms with Crippen LogP contribution in [0.2, 0.25) is 0 Å². The highest BCUT2D eigenvalue weighted by atomic mass is 32.1. The number of aromatic nitrogens is 1. The van der Waals surface area contributed by atoms with Crippen LogP contribution in [0.1, 0.15) is 41.9 Å². The van der Waals surface area contributed by atoms with Gasteiger partial charge in [-0.1, -0.05) is 24.3 Å². The lowest BCUT2D eigenvalue weighted by atomic mass is 9.95. The number of nitrogens with zero attached hydrogens (tertiary/aromatic N) is 1. The molecule has 102 valence electrons. The van der Waals surface area contributed by atoms with Crippen LogP contribution in [0.3, 0.4) is 0 Å². The van der Waals surface area contributed by atoms with E-state index in [1.54, 1.807) is 11.3 Å². The number of hydrogen-bond acceptors (Lipinski definition) is 1. The molecule has 20 heavy (non-hydrogen) atoms. The fraction of sp³-hybridized carbons (Fsp3) is 0.333. The molecule has 0 bridgehead atoms. The van der Waals surface area contributed by atoms with E-state index in [4.69, 9.17) is 0 Å². The Morgan fingerprint density at radius 1 is 1.05 bits per heavy atom. The number of thiophene rings is 1. The van der Waals surface area contributed by atoms with Gasteiger partial charge in [0.15, 0.2) is 0 Å². The van der Waals surface area contributed by atoms with Gasteiger partial charge in [0, 0.05) is 21.5 Å². The molecule has 0 spiro atoms. The highest BCUT2D eigenvalue weighted by molar-refractivity contribution is 7.10. The minimum absolute atomic E-state index is 0.446. The predicted molar refractivity (Wildman–Crippen MR) is 86.7 cm³/mol. The standard InChI is InChI=1S/C18H19NS/c1-13(18-11-6-12-20-18)19-16-9-4-2-7-14(16)15-8-3-5-10-17(15)19/h2,4,6-7,9,11-13H,3,5,8,10H2,1H3. The van der Waals surface area contributed by atoms with Crippen molar-refractivity contribution in [1.82, 2.24) is 4.57 Å². The molecule has 0 fully saturated rings. The molecular formula is C18H19NS. The van der Waals surface area contributed by atoms with Crippen LogP contribution in [-0.2, 0) is 12.8 Å². The summed E-state index contributed by atoms with van der Waals surface area (Å²) in [5.74, 6) is 0. The Morgan fingerprint density at radius 2 is 1.90 bits per heavy atom. The van der Waals surface area contributed by atoms with E-state index in [1.807, 2.05) is 11.3 Å². The maximum absolute atomic E-state index is 2.59. The van der Waals surface area contributed by atoms with Crippen molar-refractivity contribution in [2.75, 3.05) is 0 Å². The number of fused-ring (bicyclic) bond motifs is 3. The summed E-state index contributed by atoms with van der Waals surface area (Å²) in [5, 5.41) is 3.66. The van der Waals surface area contributed by atoms with E-state index in [2.05, 4.69) is 53.3 Å². The van der Waals surface area contributed by atoms with Crippen molar-refractivity contribution in [2.45, 2.75) is 38.6 Å². The second-order valence-corrected chi connectivity index (χ2v) is 6.69. The lowest BCUT2D eigenvalue weighted by Crippen LogP contribution is -2.12. The Bertz CT molecular complexity index is 736. The van der Waals surface area contributed by atoms with Gasteiger partial charge in [-0.2, -0.15) is 0 Å². The minimum atomic E-state index is 0.446. The topological polar surface area (TPSA) is 4.93 Å². The lowest BCUT2D eigenvalue weighted by Gasteiger charge is -2.20. The Labute approximate surface area is 123 Å². The predicted octanol–water partition coefficient (Wildman–Crippen LogP) is 5.19. The van der Waals surface area contributed by atoms with E-state index >= 15 is 0 Å². The minimum Gasteiger partial charge on any atom is -0.336 e. The summed E-state index contributed by atoms with van der Waals surface area (Å²) < 4.78 is 2.59. The van der Waals surface area contributed by atoms with Gasteiger partial charge in [0.1, 0.15) is 0 Å². The van der Waals surface area contributed by atoms with Gasteiger partial charge in [-0.3, -0.25) is 0 Å². The first-order valence-electron chi connectivity index (χ1n) is 7.50. The number of rotatable bonds is 2. The van der Waals surface area contributed by atoms with Crippen LogP contribution in [0.25, 0.3) is 10.9 Å². The van der Waals surface area contributed by atoms with Crippen LogP contribution >= 0.6 is 11.3 Å². The van der Waals surface area contributed by atoms with Crippen LogP contribution in [0.4, 0.5) is 0 Å². The number of hydrogen-bond donors (Lipinski definition) is 0. The van der Waals surface area contributed by atoms with Crippen LogP contribution < -0.4 is 0 Å². The monoisotopic (exact) mass is 281 g/mol. The first-order chi connectivity index (χ1) is 9.86. The molecule has 1 atom stereocenters. The molecule has 1 aromatic carbocycles. The second kappa shape index (κ2) is 4.78. The summed E-state index contributed by atoms with van der Waals surface area (Å²) >= 11 is 1.87. The third-order valence-corrected chi connectivity index (χ3v) is 5.60. The molecular weight excluding hydrogens is 262 g/mol. The molecule has 1 aliphatic carbocycles. The zero-order valence-corrected chi connectivity index (χ0v) is 12.6. The summed E-state index contributed by atoms with van der Waals surface area (Å²) in [4.78, 5) is 1.46. The van der Waals surface area contributed by atoms with E-state index in [0.29, 0.717) is 6.04 Å². The lowest BCUT2D eigenvalue weighted by molar-refractivity contribution is 0.589. The SMILES string of the molecule is CC(c1cccs1)n1c2c(c3ccccc31)CCCC2. The van der Waals surface area contributed by atoms with E-state index in [-0.39, 0.29) is 0 Å². The molecule has 0 radical (unpaired) electrons. The fourth-order valence-corrected chi connectivity index (χ4v) is 4.40. The van der Waals surface area contributed by atoms with Crippen molar-refractivity contribution in [1.29, 1.82) is 0 Å². The maximum Gasteiger partial charge on any atom is 0.0653 e. The van der Waals surface area contributed by atoms with Crippen molar-refractivity contribution in [3.8, 4) is 0 Å². The van der Waals surface area contributed by atoms with Gasteiger partial charge in [-0.25, -0.2) is 0 Å². The molecule has 1 aliphatic rings. The molecule has 0 N–H and O–H groups in total. The summed E-state index contributed by atoms with van der Waals surface area (Å²) in [7, 11) is 0. The highest BCUT2D eigenvalue weighted by Crippen LogP contribution is 2.36. The molecule has 0 saturated carbocycles. The summed E-state index contributed by atoms with van der Waals surface area (Å²) in [6.45, 7) is 2.34. The number of para-hydroxylation sites is 1. The van der Waals surface area contributed by atoms with Crippen molar-refractivity contribution < 1.29 is 0 Å². The molecule has 3 aromatic rings. The van der Waals surface area contributed by atoms with E-state index < -0.39 is 0 Å². The maximum atomic E-state index is 2.59. The van der Waals surface area contributed by atoms with Crippen molar-refractivity contribution >= 4 is 22.2 Å². The summed E-state index contributed by atoms with van der Waals surface area (Å²) in [6, 6.07) is 13.8. The Balaban J connectivity index is 1.98. The quantitative estimate of drug-likeness (QED) is 0.609. The van der Waals surface area contributed by atoms with Gasteiger partial charge in [0.05, 0.1) is 6.04 Å². The molecule has 2 heterocycles. The largest absolute Gasteiger partial charge is 0.336 e. The normalized spacial score (nSPS) is 16.2.